The van der Waals surface area contributed by atoms with Gasteiger partial charge >= 0.3 is 0 Å². The Labute approximate surface area is 136 Å². The van der Waals surface area contributed by atoms with Gasteiger partial charge in [0.25, 0.3) is 0 Å². The van der Waals surface area contributed by atoms with Gasteiger partial charge in [0.2, 0.25) is 0 Å². The van der Waals surface area contributed by atoms with Gasteiger partial charge in [-0.3, -0.25) is 0 Å². The second-order valence-corrected chi connectivity index (χ2v) is 5.64. The van der Waals surface area contributed by atoms with Gasteiger partial charge in [-0.25, -0.2) is 0 Å². The van der Waals surface area contributed by atoms with Crippen LogP contribution in [0, 0.1) is 6.92 Å². The van der Waals surface area contributed by atoms with E-state index in [1.54, 1.807) is 0 Å². The molecule has 0 spiro atoms. The zero-order chi connectivity index (χ0) is 16.4. The molecule has 0 unspecified atom stereocenters. The molecule has 0 amide bonds. The van der Waals surface area contributed by atoms with E-state index in [0.29, 0.717) is 12.0 Å². The fourth-order valence-corrected chi connectivity index (χ4v) is 3.15. The largest absolute Gasteiger partial charge is 0.507 e. The lowest BCUT2D eigenvalue weighted by atomic mass is 9.87. The van der Waals surface area contributed by atoms with Gasteiger partial charge in [0.05, 0.1) is 0 Å². The molecule has 3 rings (SSSR count). The first kappa shape index (κ1) is 15.2. The minimum atomic E-state index is 0.174. The highest BCUT2D eigenvalue weighted by molar-refractivity contribution is 5.88. The molecule has 0 aliphatic carbocycles. The van der Waals surface area contributed by atoms with Crippen molar-refractivity contribution in [1.29, 1.82) is 0 Å². The van der Waals surface area contributed by atoms with Crippen LogP contribution in [0.5, 0.6) is 11.5 Å². The molecule has 116 valence electrons. The van der Waals surface area contributed by atoms with Crippen molar-refractivity contribution in [2.45, 2.75) is 20.3 Å². The summed E-state index contributed by atoms with van der Waals surface area (Å²) < 4.78 is 0. The molecule has 0 atom stereocenters. The van der Waals surface area contributed by atoms with Gasteiger partial charge in [-0.05, 0) is 30.0 Å². The van der Waals surface area contributed by atoms with Gasteiger partial charge in [0.15, 0.2) is 0 Å². The second-order valence-electron chi connectivity index (χ2n) is 5.64. The summed E-state index contributed by atoms with van der Waals surface area (Å²) in [6.45, 7) is 3.89. The molecule has 2 nitrogen and oxygen atoms in total. The maximum Gasteiger partial charge on any atom is 0.130 e. The van der Waals surface area contributed by atoms with Gasteiger partial charge in [-0.15, -0.1) is 0 Å². The topological polar surface area (TPSA) is 40.5 Å². The lowest BCUT2D eigenvalue weighted by Crippen LogP contribution is -1.96. The van der Waals surface area contributed by atoms with E-state index in [1.165, 1.54) is 0 Å². The standard InChI is InChI=1S/C21H20O2/c1-3-17-20(22)18(15-10-6-4-7-11-15)14(2)19(21(17)23)16-12-8-5-9-13-16/h4-13,22-23H,3H2,1-2H3. The van der Waals surface area contributed by atoms with Crippen molar-refractivity contribution in [3.8, 4) is 33.8 Å². The first-order valence-corrected chi connectivity index (χ1v) is 7.83. The highest BCUT2D eigenvalue weighted by atomic mass is 16.3. The summed E-state index contributed by atoms with van der Waals surface area (Å²) in [6.07, 6.45) is 0.567. The smallest absolute Gasteiger partial charge is 0.130 e. The molecule has 0 aromatic heterocycles. The van der Waals surface area contributed by atoms with E-state index in [-0.39, 0.29) is 11.5 Å². The SMILES string of the molecule is CCc1c(O)c(-c2ccccc2)c(C)c(-c2ccccc2)c1O. The van der Waals surface area contributed by atoms with Crippen LogP contribution in [-0.2, 0) is 6.42 Å². The third kappa shape index (κ3) is 2.57. The van der Waals surface area contributed by atoms with Crippen LogP contribution in [0.3, 0.4) is 0 Å². The summed E-state index contributed by atoms with van der Waals surface area (Å²) in [5.41, 5.74) is 4.96. The Balaban J connectivity index is 2.38. The van der Waals surface area contributed by atoms with Gasteiger partial charge in [-0.1, -0.05) is 67.6 Å². The molecule has 0 aliphatic rings. The molecule has 0 fully saturated rings. The van der Waals surface area contributed by atoms with Crippen molar-refractivity contribution in [2.75, 3.05) is 0 Å². The third-order valence-electron chi connectivity index (χ3n) is 4.27. The van der Waals surface area contributed by atoms with Gasteiger partial charge in [0, 0.05) is 16.7 Å². The van der Waals surface area contributed by atoms with E-state index in [9.17, 15) is 10.2 Å². The van der Waals surface area contributed by atoms with E-state index in [2.05, 4.69) is 0 Å². The third-order valence-corrected chi connectivity index (χ3v) is 4.27. The Bertz CT molecular complexity index is 755. The molecular formula is C21H20O2. The van der Waals surface area contributed by atoms with Crippen LogP contribution in [0.15, 0.2) is 60.7 Å². The van der Waals surface area contributed by atoms with Crippen molar-refractivity contribution in [1.82, 2.24) is 0 Å². The van der Waals surface area contributed by atoms with Crippen molar-refractivity contribution >= 4 is 0 Å². The predicted octanol–water partition coefficient (Wildman–Crippen LogP) is 5.30. The summed E-state index contributed by atoms with van der Waals surface area (Å²) in [6, 6.07) is 19.6. The maximum absolute atomic E-state index is 10.7. The van der Waals surface area contributed by atoms with Gasteiger partial charge < -0.3 is 10.2 Å². The number of aromatic hydroxyl groups is 2. The van der Waals surface area contributed by atoms with Crippen molar-refractivity contribution in [2.24, 2.45) is 0 Å². The van der Waals surface area contributed by atoms with Crippen LogP contribution < -0.4 is 0 Å². The number of phenols is 2. The zero-order valence-electron chi connectivity index (χ0n) is 13.4. The first-order chi connectivity index (χ1) is 11.1. The van der Waals surface area contributed by atoms with E-state index in [1.807, 2.05) is 74.5 Å². The summed E-state index contributed by atoms with van der Waals surface area (Å²) in [4.78, 5) is 0. The number of benzene rings is 3. The van der Waals surface area contributed by atoms with Gasteiger partial charge in [-0.2, -0.15) is 0 Å². The lowest BCUT2D eigenvalue weighted by molar-refractivity contribution is 0.441. The zero-order valence-corrected chi connectivity index (χ0v) is 13.4. The minimum Gasteiger partial charge on any atom is -0.507 e. The summed E-state index contributed by atoms with van der Waals surface area (Å²) in [5.74, 6) is 0.349. The highest BCUT2D eigenvalue weighted by Gasteiger charge is 2.22. The van der Waals surface area contributed by atoms with Crippen LogP contribution >= 0.6 is 0 Å². The Morgan fingerprint density at radius 1 is 0.696 bits per heavy atom. The Morgan fingerprint density at radius 2 is 1.09 bits per heavy atom. The normalized spacial score (nSPS) is 10.7. The van der Waals surface area contributed by atoms with Crippen LogP contribution in [0.1, 0.15) is 18.1 Å². The molecular weight excluding hydrogens is 284 g/mol. The second kappa shape index (κ2) is 6.17. The van der Waals surface area contributed by atoms with Crippen LogP contribution in [0.25, 0.3) is 22.3 Å². The molecule has 0 aliphatic heterocycles. The Hall–Kier alpha value is -2.74. The first-order valence-electron chi connectivity index (χ1n) is 7.83. The molecule has 3 aromatic rings. The average molecular weight is 304 g/mol. The molecule has 0 saturated heterocycles. The summed E-state index contributed by atoms with van der Waals surface area (Å²) in [7, 11) is 0. The number of rotatable bonds is 3. The van der Waals surface area contributed by atoms with Crippen molar-refractivity contribution in [3.05, 3.63) is 71.8 Å². The van der Waals surface area contributed by atoms with Crippen LogP contribution in [0.4, 0.5) is 0 Å². The molecule has 0 saturated carbocycles. The summed E-state index contributed by atoms with van der Waals surface area (Å²) in [5, 5.41) is 21.4. The molecule has 0 heterocycles. The number of phenolic OH excluding ortho intramolecular Hbond substituents is 2. The van der Waals surface area contributed by atoms with Crippen molar-refractivity contribution < 1.29 is 10.2 Å². The highest BCUT2D eigenvalue weighted by Crippen LogP contribution is 2.47. The monoisotopic (exact) mass is 304 g/mol. The van der Waals surface area contributed by atoms with Crippen molar-refractivity contribution in [3.63, 3.8) is 0 Å². The average Bonchev–Trinajstić information content (AvgIpc) is 2.57. The predicted molar refractivity (Wildman–Crippen MR) is 94.8 cm³/mol. The molecule has 2 heteroatoms. The lowest BCUT2D eigenvalue weighted by Gasteiger charge is -2.19. The molecule has 3 aromatic carbocycles. The fraction of sp³-hybridized carbons (Fsp3) is 0.143. The molecule has 0 radical (unpaired) electrons. The van der Waals surface area contributed by atoms with Gasteiger partial charge in [0.1, 0.15) is 11.5 Å². The Morgan fingerprint density at radius 3 is 1.43 bits per heavy atom. The van der Waals surface area contributed by atoms with E-state index < -0.39 is 0 Å². The molecule has 23 heavy (non-hydrogen) atoms. The number of hydrogen-bond acceptors (Lipinski definition) is 2. The quantitative estimate of drug-likeness (QED) is 0.689. The maximum atomic E-state index is 10.7. The summed E-state index contributed by atoms with van der Waals surface area (Å²) >= 11 is 0. The van der Waals surface area contributed by atoms with E-state index >= 15 is 0 Å². The van der Waals surface area contributed by atoms with Crippen LogP contribution in [-0.4, -0.2) is 10.2 Å². The molecule has 0 bridgehead atoms. The van der Waals surface area contributed by atoms with Crippen LogP contribution in [0.2, 0.25) is 0 Å². The van der Waals surface area contributed by atoms with E-state index in [0.717, 1.165) is 27.8 Å². The fourth-order valence-electron chi connectivity index (χ4n) is 3.15. The Kier molecular flexibility index (Phi) is 4.07. The number of hydrogen-bond donors (Lipinski definition) is 2. The van der Waals surface area contributed by atoms with E-state index in [4.69, 9.17) is 0 Å². The minimum absolute atomic E-state index is 0.174. The molecule has 2 N–H and O–H groups in total.